The predicted octanol–water partition coefficient (Wildman–Crippen LogP) is 6.52. The highest BCUT2D eigenvalue weighted by Crippen LogP contribution is 2.28. The molecule has 5 heteroatoms. The normalized spacial score (nSPS) is 11.1. The van der Waals surface area contributed by atoms with Gasteiger partial charge in [0, 0.05) is 21.8 Å². The Labute approximate surface area is 168 Å². The van der Waals surface area contributed by atoms with Crippen LogP contribution in [0.5, 0.6) is 0 Å². The highest BCUT2D eigenvalue weighted by atomic mass is 35.5. The van der Waals surface area contributed by atoms with Crippen LogP contribution in [0.4, 0.5) is 5.69 Å². The van der Waals surface area contributed by atoms with Crippen LogP contribution in [0.1, 0.15) is 35.7 Å². The summed E-state index contributed by atoms with van der Waals surface area (Å²) in [6, 6.07) is 20.3. The van der Waals surface area contributed by atoms with Crippen molar-refractivity contribution in [1.29, 1.82) is 0 Å². The van der Waals surface area contributed by atoms with Gasteiger partial charge in [0.2, 0.25) is 5.89 Å². The zero-order valence-electron chi connectivity index (χ0n) is 15.6. The van der Waals surface area contributed by atoms with Crippen molar-refractivity contribution in [2.45, 2.75) is 19.8 Å². The van der Waals surface area contributed by atoms with E-state index >= 15 is 0 Å². The van der Waals surface area contributed by atoms with Gasteiger partial charge in [0.05, 0.1) is 0 Å². The maximum atomic E-state index is 12.4. The van der Waals surface area contributed by atoms with Crippen molar-refractivity contribution in [2.75, 3.05) is 5.32 Å². The van der Waals surface area contributed by atoms with Crippen LogP contribution in [0.3, 0.4) is 0 Å². The summed E-state index contributed by atoms with van der Waals surface area (Å²) in [5.41, 5.74) is 4.75. The number of rotatable bonds is 4. The van der Waals surface area contributed by atoms with Crippen molar-refractivity contribution in [2.24, 2.45) is 0 Å². The molecule has 0 aliphatic rings. The van der Waals surface area contributed by atoms with Crippen LogP contribution in [0.15, 0.2) is 71.1 Å². The van der Waals surface area contributed by atoms with Gasteiger partial charge in [-0.2, -0.15) is 0 Å². The average Bonchev–Trinajstić information content (AvgIpc) is 3.11. The summed E-state index contributed by atoms with van der Waals surface area (Å²) >= 11 is 5.97. The van der Waals surface area contributed by atoms with Gasteiger partial charge in [-0.05, 0) is 60.0 Å². The van der Waals surface area contributed by atoms with Crippen LogP contribution in [0.25, 0.3) is 22.6 Å². The van der Waals surface area contributed by atoms with Gasteiger partial charge in [0.15, 0.2) is 5.58 Å². The van der Waals surface area contributed by atoms with Gasteiger partial charge in [-0.3, -0.25) is 4.79 Å². The second-order valence-electron chi connectivity index (χ2n) is 6.95. The van der Waals surface area contributed by atoms with Crippen molar-refractivity contribution >= 4 is 34.3 Å². The zero-order chi connectivity index (χ0) is 19.7. The Morgan fingerprint density at radius 2 is 1.86 bits per heavy atom. The minimum Gasteiger partial charge on any atom is -0.436 e. The third-order valence-electron chi connectivity index (χ3n) is 4.53. The van der Waals surface area contributed by atoms with E-state index in [0.29, 0.717) is 28.1 Å². The molecule has 4 aromatic rings. The minimum absolute atomic E-state index is 0.223. The van der Waals surface area contributed by atoms with Crippen molar-refractivity contribution in [1.82, 2.24) is 4.98 Å². The lowest BCUT2D eigenvalue weighted by atomic mass is 10.0. The average molecular weight is 391 g/mol. The summed E-state index contributed by atoms with van der Waals surface area (Å²) in [5.74, 6) is 0.725. The Morgan fingerprint density at radius 1 is 1.04 bits per heavy atom. The quantitative estimate of drug-likeness (QED) is 0.431. The van der Waals surface area contributed by atoms with Crippen LogP contribution in [-0.4, -0.2) is 10.9 Å². The molecule has 0 unspecified atom stereocenters. The highest BCUT2D eigenvalue weighted by molar-refractivity contribution is 6.31. The van der Waals surface area contributed by atoms with E-state index < -0.39 is 0 Å². The number of nitrogens with one attached hydrogen (secondary N) is 1. The lowest BCUT2D eigenvalue weighted by Gasteiger charge is -2.06. The number of amides is 1. The van der Waals surface area contributed by atoms with Crippen LogP contribution in [0.2, 0.25) is 5.02 Å². The number of hydrogen-bond donors (Lipinski definition) is 1. The number of fused-ring (bicyclic) bond motifs is 1. The fourth-order valence-corrected chi connectivity index (χ4v) is 3.18. The summed E-state index contributed by atoms with van der Waals surface area (Å²) in [5, 5.41) is 3.41. The minimum atomic E-state index is -0.223. The van der Waals surface area contributed by atoms with E-state index in [1.165, 1.54) is 5.56 Å². The summed E-state index contributed by atoms with van der Waals surface area (Å²) < 4.78 is 5.91. The number of carbonyl (C=O) groups excluding carboxylic acids is 1. The Bertz CT molecular complexity index is 1160. The first-order valence-electron chi connectivity index (χ1n) is 9.07. The summed E-state index contributed by atoms with van der Waals surface area (Å²) in [6.07, 6.45) is 0. The first-order valence-corrected chi connectivity index (χ1v) is 9.45. The summed E-state index contributed by atoms with van der Waals surface area (Å²) in [6.45, 7) is 4.29. The molecule has 0 aliphatic heterocycles. The first kappa shape index (κ1) is 18.3. The van der Waals surface area contributed by atoms with Gasteiger partial charge in [-0.15, -0.1) is 0 Å². The maximum absolute atomic E-state index is 12.4. The number of anilines is 1. The Morgan fingerprint density at radius 3 is 2.64 bits per heavy atom. The van der Waals surface area contributed by atoms with E-state index in [1.807, 2.05) is 30.3 Å². The van der Waals surface area contributed by atoms with Gasteiger partial charge < -0.3 is 9.73 Å². The molecular weight excluding hydrogens is 372 g/mol. The van der Waals surface area contributed by atoms with Crippen LogP contribution >= 0.6 is 11.6 Å². The molecule has 0 saturated carbocycles. The van der Waals surface area contributed by atoms with Gasteiger partial charge >= 0.3 is 0 Å². The largest absolute Gasteiger partial charge is 0.436 e. The molecule has 0 atom stereocenters. The van der Waals surface area contributed by atoms with E-state index in [0.717, 1.165) is 16.7 Å². The molecule has 4 rings (SSSR count). The Balaban J connectivity index is 1.61. The van der Waals surface area contributed by atoms with Gasteiger partial charge in [-0.25, -0.2) is 4.98 Å². The van der Waals surface area contributed by atoms with E-state index in [2.05, 4.69) is 36.3 Å². The van der Waals surface area contributed by atoms with Crippen LogP contribution in [-0.2, 0) is 0 Å². The lowest BCUT2D eigenvalue weighted by Crippen LogP contribution is -2.11. The molecule has 0 radical (unpaired) electrons. The number of benzene rings is 3. The molecule has 0 spiro atoms. The molecule has 0 fully saturated rings. The molecule has 0 aliphatic carbocycles. The standard InChI is InChI=1S/C23H19ClN2O2/c1-14(2)15-9-10-21-20(13-15)26-23(28-21)17-6-4-8-19(12-17)25-22(27)16-5-3-7-18(24)11-16/h3-14H,1-2H3,(H,25,27). The number of aromatic nitrogens is 1. The van der Waals surface area contributed by atoms with Crippen molar-refractivity contribution in [3.63, 3.8) is 0 Å². The van der Waals surface area contributed by atoms with Crippen LogP contribution in [0, 0.1) is 0 Å². The number of halogens is 1. The fourth-order valence-electron chi connectivity index (χ4n) is 2.99. The van der Waals surface area contributed by atoms with E-state index in [4.69, 9.17) is 16.0 Å². The molecule has 140 valence electrons. The second-order valence-corrected chi connectivity index (χ2v) is 7.38. The topological polar surface area (TPSA) is 55.1 Å². The molecule has 1 N–H and O–H groups in total. The molecule has 4 nitrogen and oxygen atoms in total. The smallest absolute Gasteiger partial charge is 0.255 e. The third kappa shape index (κ3) is 3.78. The summed E-state index contributed by atoms with van der Waals surface area (Å²) in [7, 11) is 0. The molecule has 1 heterocycles. The molecular formula is C23H19ClN2O2. The highest BCUT2D eigenvalue weighted by Gasteiger charge is 2.12. The second kappa shape index (κ2) is 7.49. The van der Waals surface area contributed by atoms with Crippen molar-refractivity contribution in [3.05, 3.63) is 82.9 Å². The van der Waals surface area contributed by atoms with Gasteiger partial charge in [0.25, 0.3) is 5.91 Å². The van der Waals surface area contributed by atoms with Gasteiger partial charge in [-0.1, -0.05) is 43.6 Å². The molecule has 1 aromatic heterocycles. The zero-order valence-corrected chi connectivity index (χ0v) is 16.3. The SMILES string of the molecule is CC(C)c1ccc2oc(-c3cccc(NC(=O)c4cccc(Cl)c4)c3)nc2c1. The maximum Gasteiger partial charge on any atom is 0.255 e. The molecule has 1 amide bonds. The summed E-state index contributed by atoms with van der Waals surface area (Å²) in [4.78, 5) is 17.1. The van der Waals surface area contributed by atoms with E-state index in [1.54, 1.807) is 24.3 Å². The fraction of sp³-hybridized carbons (Fsp3) is 0.130. The number of oxazole rings is 1. The van der Waals surface area contributed by atoms with Crippen molar-refractivity contribution in [3.8, 4) is 11.5 Å². The molecule has 3 aromatic carbocycles. The van der Waals surface area contributed by atoms with Crippen LogP contribution < -0.4 is 5.32 Å². The molecule has 0 bridgehead atoms. The predicted molar refractivity (Wildman–Crippen MR) is 113 cm³/mol. The van der Waals surface area contributed by atoms with E-state index in [9.17, 15) is 4.79 Å². The Kier molecular flexibility index (Phi) is 4.88. The van der Waals surface area contributed by atoms with Crippen molar-refractivity contribution < 1.29 is 9.21 Å². The Hall–Kier alpha value is -3.11. The number of hydrogen-bond acceptors (Lipinski definition) is 3. The monoisotopic (exact) mass is 390 g/mol. The first-order chi connectivity index (χ1) is 13.5. The lowest BCUT2D eigenvalue weighted by molar-refractivity contribution is 0.102. The number of nitrogens with zero attached hydrogens (tertiary/aromatic N) is 1. The van der Waals surface area contributed by atoms with E-state index in [-0.39, 0.29) is 5.91 Å². The van der Waals surface area contributed by atoms with Gasteiger partial charge in [0.1, 0.15) is 5.52 Å². The number of carbonyl (C=O) groups is 1. The molecule has 28 heavy (non-hydrogen) atoms. The molecule has 0 saturated heterocycles. The third-order valence-corrected chi connectivity index (χ3v) is 4.77.